The summed E-state index contributed by atoms with van der Waals surface area (Å²) in [6.45, 7) is 0.391. The number of aromatic nitrogens is 2. The lowest BCUT2D eigenvalue weighted by atomic mass is 10.1. The molecule has 1 aromatic carbocycles. The van der Waals surface area contributed by atoms with Crippen molar-refractivity contribution in [1.29, 1.82) is 0 Å². The molecule has 0 aliphatic rings. The molecule has 5 nitrogen and oxygen atoms in total. The molecule has 1 heterocycles. The van der Waals surface area contributed by atoms with E-state index in [0.717, 1.165) is 11.3 Å². The van der Waals surface area contributed by atoms with Crippen LogP contribution in [0.4, 0.5) is 5.69 Å². The summed E-state index contributed by atoms with van der Waals surface area (Å²) in [7, 11) is 0. The summed E-state index contributed by atoms with van der Waals surface area (Å²) in [5.74, 6) is -0.0505. The van der Waals surface area contributed by atoms with Crippen LogP contribution in [0.25, 0.3) is 0 Å². The minimum Gasteiger partial charge on any atom is -0.399 e. The molecule has 5 heteroatoms. The molecule has 0 atom stereocenters. The number of nitrogens with one attached hydrogen (secondary N) is 1. The van der Waals surface area contributed by atoms with Crippen LogP contribution in [0.1, 0.15) is 11.3 Å². The van der Waals surface area contributed by atoms with Gasteiger partial charge in [-0.2, -0.15) is 10.2 Å². The van der Waals surface area contributed by atoms with Crippen LogP contribution in [0.5, 0.6) is 0 Å². The van der Waals surface area contributed by atoms with Gasteiger partial charge in [0, 0.05) is 11.9 Å². The summed E-state index contributed by atoms with van der Waals surface area (Å²) < 4.78 is 0. The minimum absolute atomic E-state index is 0.0505. The van der Waals surface area contributed by atoms with Gasteiger partial charge in [0.1, 0.15) is 0 Å². The monoisotopic (exact) mass is 242 g/mol. The fourth-order valence-electron chi connectivity index (χ4n) is 1.50. The molecule has 0 radical (unpaired) electrons. The van der Waals surface area contributed by atoms with Crippen LogP contribution < -0.4 is 11.1 Å². The highest BCUT2D eigenvalue weighted by Crippen LogP contribution is 2.06. The summed E-state index contributed by atoms with van der Waals surface area (Å²) in [4.78, 5) is 11.7. The van der Waals surface area contributed by atoms with Crippen molar-refractivity contribution in [2.75, 3.05) is 5.73 Å². The Morgan fingerprint density at radius 3 is 2.67 bits per heavy atom. The molecule has 0 aliphatic carbocycles. The lowest BCUT2D eigenvalue weighted by Crippen LogP contribution is -2.25. The SMILES string of the molecule is Nc1ccc(CC(=O)NCc2cccnn2)cc1. The van der Waals surface area contributed by atoms with Gasteiger partial charge in [0.2, 0.25) is 5.91 Å². The molecular formula is C13H14N4O. The summed E-state index contributed by atoms with van der Waals surface area (Å²) in [5.41, 5.74) is 7.94. The number of nitrogens with two attached hydrogens (primary N) is 1. The standard InChI is InChI=1S/C13H14N4O/c14-11-5-3-10(4-6-11)8-13(18)15-9-12-2-1-7-16-17-12/h1-7H,8-9,14H2,(H,15,18). The van der Waals surface area contributed by atoms with E-state index in [1.54, 1.807) is 24.4 Å². The largest absolute Gasteiger partial charge is 0.399 e. The van der Waals surface area contributed by atoms with E-state index in [1.165, 1.54) is 0 Å². The number of amides is 1. The molecule has 0 fully saturated rings. The number of carbonyl (C=O) groups excluding carboxylic acids is 1. The summed E-state index contributed by atoms with van der Waals surface area (Å²) in [6.07, 6.45) is 1.93. The van der Waals surface area contributed by atoms with Gasteiger partial charge < -0.3 is 11.1 Å². The predicted octanol–water partition coefficient (Wildman–Crippen LogP) is 0.918. The van der Waals surface area contributed by atoms with E-state index >= 15 is 0 Å². The zero-order valence-corrected chi connectivity index (χ0v) is 9.84. The van der Waals surface area contributed by atoms with E-state index in [1.807, 2.05) is 18.2 Å². The summed E-state index contributed by atoms with van der Waals surface area (Å²) in [6, 6.07) is 10.9. The van der Waals surface area contributed by atoms with E-state index in [2.05, 4.69) is 15.5 Å². The van der Waals surface area contributed by atoms with Crippen molar-refractivity contribution < 1.29 is 4.79 Å². The molecule has 2 rings (SSSR count). The first kappa shape index (κ1) is 12.0. The molecular weight excluding hydrogens is 228 g/mol. The smallest absolute Gasteiger partial charge is 0.224 e. The van der Waals surface area contributed by atoms with Crippen LogP contribution in [0, 0.1) is 0 Å². The van der Waals surface area contributed by atoms with E-state index < -0.39 is 0 Å². The molecule has 0 aliphatic heterocycles. The Morgan fingerprint density at radius 2 is 2.00 bits per heavy atom. The topological polar surface area (TPSA) is 80.9 Å². The Morgan fingerprint density at radius 1 is 1.22 bits per heavy atom. The first-order valence-corrected chi connectivity index (χ1v) is 5.62. The van der Waals surface area contributed by atoms with Gasteiger partial charge in [0.05, 0.1) is 18.7 Å². The first-order valence-electron chi connectivity index (χ1n) is 5.62. The third-order valence-electron chi connectivity index (χ3n) is 2.44. The second kappa shape index (κ2) is 5.77. The zero-order chi connectivity index (χ0) is 12.8. The van der Waals surface area contributed by atoms with Crippen molar-refractivity contribution in [3.63, 3.8) is 0 Å². The van der Waals surface area contributed by atoms with E-state index in [9.17, 15) is 4.79 Å². The molecule has 0 saturated heterocycles. The van der Waals surface area contributed by atoms with Crippen molar-refractivity contribution in [2.24, 2.45) is 0 Å². The average molecular weight is 242 g/mol. The minimum atomic E-state index is -0.0505. The van der Waals surface area contributed by atoms with Gasteiger partial charge in [0.25, 0.3) is 0 Å². The first-order chi connectivity index (χ1) is 8.74. The second-order valence-electron chi connectivity index (χ2n) is 3.91. The molecule has 18 heavy (non-hydrogen) atoms. The number of anilines is 1. The molecule has 0 unspecified atom stereocenters. The number of hydrogen-bond donors (Lipinski definition) is 2. The lowest BCUT2D eigenvalue weighted by molar-refractivity contribution is -0.120. The van der Waals surface area contributed by atoms with E-state index in [0.29, 0.717) is 18.7 Å². The third kappa shape index (κ3) is 3.55. The number of nitrogen functional groups attached to an aromatic ring is 1. The molecule has 1 aromatic heterocycles. The molecule has 1 amide bonds. The van der Waals surface area contributed by atoms with Crippen molar-refractivity contribution >= 4 is 11.6 Å². The zero-order valence-electron chi connectivity index (χ0n) is 9.84. The van der Waals surface area contributed by atoms with Crippen LogP contribution in [0.2, 0.25) is 0 Å². The van der Waals surface area contributed by atoms with Crippen LogP contribution in [-0.2, 0) is 17.8 Å². The Bertz CT molecular complexity index is 510. The second-order valence-corrected chi connectivity index (χ2v) is 3.91. The van der Waals surface area contributed by atoms with Gasteiger partial charge in [-0.1, -0.05) is 12.1 Å². The van der Waals surface area contributed by atoms with Gasteiger partial charge in [-0.05, 0) is 29.8 Å². The van der Waals surface area contributed by atoms with Crippen LogP contribution in [0.15, 0.2) is 42.6 Å². The van der Waals surface area contributed by atoms with Gasteiger partial charge >= 0.3 is 0 Å². The third-order valence-corrected chi connectivity index (χ3v) is 2.44. The van der Waals surface area contributed by atoms with Gasteiger partial charge in [-0.3, -0.25) is 4.79 Å². The Labute approximate surface area is 105 Å². The number of nitrogens with zero attached hydrogens (tertiary/aromatic N) is 2. The van der Waals surface area contributed by atoms with E-state index in [-0.39, 0.29) is 5.91 Å². The fraction of sp³-hybridized carbons (Fsp3) is 0.154. The summed E-state index contributed by atoms with van der Waals surface area (Å²) in [5, 5.41) is 10.4. The van der Waals surface area contributed by atoms with Crippen molar-refractivity contribution in [3.05, 3.63) is 53.9 Å². The normalized spacial score (nSPS) is 10.0. The lowest BCUT2D eigenvalue weighted by Gasteiger charge is -2.04. The summed E-state index contributed by atoms with van der Waals surface area (Å²) >= 11 is 0. The van der Waals surface area contributed by atoms with Gasteiger partial charge in [0.15, 0.2) is 0 Å². The van der Waals surface area contributed by atoms with E-state index in [4.69, 9.17) is 5.73 Å². The molecule has 0 saturated carbocycles. The highest BCUT2D eigenvalue weighted by Gasteiger charge is 2.03. The average Bonchev–Trinajstić information content (AvgIpc) is 2.40. The molecule has 0 bridgehead atoms. The van der Waals surface area contributed by atoms with Gasteiger partial charge in [-0.25, -0.2) is 0 Å². The molecule has 0 spiro atoms. The number of hydrogen-bond acceptors (Lipinski definition) is 4. The van der Waals surface area contributed by atoms with Crippen LogP contribution in [-0.4, -0.2) is 16.1 Å². The highest BCUT2D eigenvalue weighted by molar-refractivity contribution is 5.78. The van der Waals surface area contributed by atoms with Gasteiger partial charge in [-0.15, -0.1) is 0 Å². The molecule has 92 valence electrons. The van der Waals surface area contributed by atoms with Crippen LogP contribution in [0.3, 0.4) is 0 Å². The Hall–Kier alpha value is -2.43. The number of carbonyl (C=O) groups is 1. The quantitative estimate of drug-likeness (QED) is 0.781. The van der Waals surface area contributed by atoms with Crippen molar-refractivity contribution in [2.45, 2.75) is 13.0 Å². The van der Waals surface area contributed by atoms with Crippen LogP contribution >= 0.6 is 0 Å². The maximum absolute atomic E-state index is 11.7. The number of rotatable bonds is 4. The van der Waals surface area contributed by atoms with Crippen molar-refractivity contribution in [1.82, 2.24) is 15.5 Å². The highest BCUT2D eigenvalue weighted by atomic mass is 16.1. The van der Waals surface area contributed by atoms with Crippen molar-refractivity contribution in [3.8, 4) is 0 Å². The fourth-order valence-corrected chi connectivity index (χ4v) is 1.50. The number of benzene rings is 1. The maximum atomic E-state index is 11.7. The molecule has 2 aromatic rings. The Balaban J connectivity index is 1.84. The maximum Gasteiger partial charge on any atom is 0.224 e. The Kier molecular flexibility index (Phi) is 3.86. The predicted molar refractivity (Wildman–Crippen MR) is 68.4 cm³/mol. The molecule has 3 N–H and O–H groups in total.